The molecule has 70 valence electrons. The third-order valence-electron chi connectivity index (χ3n) is 3.14. The molecule has 0 bridgehead atoms. The van der Waals surface area contributed by atoms with Crippen LogP contribution in [0.2, 0.25) is 0 Å². The Kier molecular flexibility index (Phi) is 3.60. The van der Waals surface area contributed by atoms with Gasteiger partial charge in [0.1, 0.15) is 0 Å². The summed E-state index contributed by atoms with van der Waals surface area (Å²) in [5, 5.41) is 3.49. The molecule has 0 saturated heterocycles. The maximum atomic E-state index is 3.49. The van der Waals surface area contributed by atoms with E-state index < -0.39 is 0 Å². The smallest absolute Gasteiger partial charge is 0.0135 e. The van der Waals surface area contributed by atoms with Crippen molar-refractivity contribution in [3.05, 3.63) is 12.2 Å². The third kappa shape index (κ3) is 2.02. The second-order valence-corrected chi connectivity index (χ2v) is 4.01. The summed E-state index contributed by atoms with van der Waals surface area (Å²) in [4.78, 5) is 0. The molecule has 1 aliphatic heterocycles. The van der Waals surface area contributed by atoms with Crippen LogP contribution in [0, 0.1) is 5.41 Å². The number of allylic oxidation sites excluding steroid dienone is 1. The van der Waals surface area contributed by atoms with Gasteiger partial charge in [0.05, 0.1) is 0 Å². The first-order chi connectivity index (χ1) is 5.41. The highest BCUT2D eigenvalue weighted by Gasteiger charge is 2.32. The van der Waals surface area contributed by atoms with Crippen molar-refractivity contribution >= 4 is 12.4 Å². The minimum atomic E-state index is 0. The van der Waals surface area contributed by atoms with Gasteiger partial charge in [-0.1, -0.05) is 25.0 Å². The van der Waals surface area contributed by atoms with Gasteiger partial charge in [0.2, 0.25) is 0 Å². The predicted octanol–water partition coefficient (Wildman–Crippen LogP) is 2.52. The number of hydrogen-bond donors (Lipinski definition) is 1. The summed E-state index contributed by atoms with van der Waals surface area (Å²) < 4.78 is 0. The van der Waals surface area contributed by atoms with Crippen molar-refractivity contribution in [1.82, 2.24) is 5.32 Å². The standard InChI is InChI=1S/C10H17N.ClH/c1-2-6-10(5-1)7-3-4-8-11-9-10;/h3-4,11H,1-2,5-9H2;1H. The molecule has 1 aliphatic carbocycles. The van der Waals surface area contributed by atoms with E-state index in [-0.39, 0.29) is 12.4 Å². The number of nitrogens with one attached hydrogen (secondary N) is 1. The highest BCUT2D eigenvalue weighted by atomic mass is 35.5. The van der Waals surface area contributed by atoms with Crippen LogP contribution in [0.15, 0.2) is 12.2 Å². The Morgan fingerprint density at radius 3 is 2.58 bits per heavy atom. The van der Waals surface area contributed by atoms with E-state index in [0.29, 0.717) is 5.41 Å². The van der Waals surface area contributed by atoms with Crippen LogP contribution in [0.25, 0.3) is 0 Å². The summed E-state index contributed by atoms with van der Waals surface area (Å²) in [5.74, 6) is 0. The molecular weight excluding hydrogens is 170 g/mol. The number of rotatable bonds is 0. The van der Waals surface area contributed by atoms with E-state index in [1.165, 1.54) is 38.6 Å². The first-order valence-electron chi connectivity index (χ1n) is 4.77. The first-order valence-corrected chi connectivity index (χ1v) is 4.77. The average Bonchev–Trinajstić information content (AvgIpc) is 2.32. The van der Waals surface area contributed by atoms with Crippen molar-refractivity contribution in [2.75, 3.05) is 13.1 Å². The van der Waals surface area contributed by atoms with Crippen LogP contribution in [0.1, 0.15) is 32.1 Å². The molecule has 0 atom stereocenters. The molecule has 1 spiro atoms. The Bertz CT molecular complexity index is 159. The minimum absolute atomic E-state index is 0. The molecule has 0 aromatic rings. The van der Waals surface area contributed by atoms with Gasteiger partial charge in [-0.25, -0.2) is 0 Å². The van der Waals surface area contributed by atoms with Crippen LogP contribution in [0.5, 0.6) is 0 Å². The second-order valence-electron chi connectivity index (χ2n) is 4.01. The fourth-order valence-corrected chi connectivity index (χ4v) is 2.42. The van der Waals surface area contributed by atoms with Gasteiger partial charge in [0.25, 0.3) is 0 Å². The number of halogens is 1. The fourth-order valence-electron chi connectivity index (χ4n) is 2.42. The largest absolute Gasteiger partial charge is 0.313 e. The Morgan fingerprint density at radius 1 is 1.08 bits per heavy atom. The van der Waals surface area contributed by atoms with Crippen LogP contribution in [0.4, 0.5) is 0 Å². The van der Waals surface area contributed by atoms with Crippen LogP contribution in [0.3, 0.4) is 0 Å². The molecule has 0 aromatic heterocycles. The molecule has 2 rings (SSSR count). The van der Waals surface area contributed by atoms with E-state index in [0.717, 1.165) is 6.54 Å². The molecule has 1 heterocycles. The van der Waals surface area contributed by atoms with Crippen molar-refractivity contribution in [3.8, 4) is 0 Å². The molecular formula is C10H18ClN. The van der Waals surface area contributed by atoms with Gasteiger partial charge in [0.15, 0.2) is 0 Å². The van der Waals surface area contributed by atoms with E-state index in [4.69, 9.17) is 0 Å². The Labute approximate surface area is 81.0 Å². The molecule has 1 fully saturated rings. The summed E-state index contributed by atoms with van der Waals surface area (Å²) in [5.41, 5.74) is 0.660. The maximum Gasteiger partial charge on any atom is 0.0135 e. The van der Waals surface area contributed by atoms with Crippen LogP contribution in [-0.4, -0.2) is 13.1 Å². The molecule has 0 amide bonds. The lowest BCUT2D eigenvalue weighted by molar-refractivity contribution is 0.293. The van der Waals surface area contributed by atoms with Gasteiger partial charge >= 0.3 is 0 Å². The van der Waals surface area contributed by atoms with E-state index in [9.17, 15) is 0 Å². The van der Waals surface area contributed by atoms with Crippen molar-refractivity contribution in [3.63, 3.8) is 0 Å². The van der Waals surface area contributed by atoms with Crippen LogP contribution in [-0.2, 0) is 0 Å². The summed E-state index contributed by atoms with van der Waals surface area (Å²) in [6.45, 7) is 2.34. The molecule has 12 heavy (non-hydrogen) atoms. The molecule has 1 nitrogen and oxygen atoms in total. The zero-order valence-corrected chi connectivity index (χ0v) is 8.33. The van der Waals surface area contributed by atoms with Gasteiger partial charge < -0.3 is 5.32 Å². The van der Waals surface area contributed by atoms with E-state index >= 15 is 0 Å². The van der Waals surface area contributed by atoms with Crippen molar-refractivity contribution < 1.29 is 0 Å². The van der Waals surface area contributed by atoms with Crippen LogP contribution < -0.4 is 5.32 Å². The fraction of sp³-hybridized carbons (Fsp3) is 0.800. The monoisotopic (exact) mass is 187 g/mol. The van der Waals surface area contributed by atoms with Crippen LogP contribution >= 0.6 is 12.4 Å². The molecule has 1 saturated carbocycles. The molecule has 0 aromatic carbocycles. The molecule has 1 N–H and O–H groups in total. The van der Waals surface area contributed by atoms with Gasteiger partial charge in [0, 0.05) is 13.1 Å². The predicted molar refractivity (Wildman–Crippen MR) is 54.8 cm³/mol. The maximum absolute atomic E-state index is 3.49. The highest BCUT2D eigenvalue weighted by molar-refractivity contribution is 5.85. The van der Waals surface area contributed by atoms with E-state index in [1.54, 1.807) is 0 Å². The topological polar surface area (TPSA) is 12.0 Å². The third-order valence-corrected chi connectivity index (χ3v) is 3.14. The van der Waals surface area contributed by atoms with Crippen molar-refractivity contribution in [2.45, 2.75) is 32.1 Å². The van der Waals surface area contributed by atoms with Crippen molar-refractivity contribution in [2.24, 2.45) is 5.41 Å². The number of hydrogen-bond acceptors (Lipinski definition) is 1. The molecule has 0 radical (unpaired) electrons. The summed E-state index contributed by atoms with van der Waals surface area (Å²) in [7, 11) is 0. The van der Waals surface area contributed by atoms with Gasteiger partial charge in [-0.05, 0) is 24.7 Å². The summed E-state index contributed by atoms with van der Waals surface area (Å²) >= 11 is 0. The second kappa shape index (κ2) is 4.29. The highest BCUT2D eigenvalue weighted by Crippen LogP contribution is 2.41. The Morgan fingerprint density at radius 2 is 1.83 bits per heavy atom. The zero-order chi connectivity index (χ0) is 7.57. The quantitative estimate of drug-likeness (QED) is 0.575. The normalized spacial score (nSPS) is 26.7. The summed E-state index contributed by atoms with van der Waals surface area (Å²) in [6.07, 6.45) is 11.8. The minimum Gasteiger partial charge on any atom is -0.313 e. The zero-order valence-electron chi connectivity index (χ0n) is 7.51. The SMILES string of the molecule is C1=CCC2(CCCC2)CNC1.Cl. The lowest BCUT2D eigenvalue weighted by Gasteiger charge is -2.26. The van der Waals surface area contributed by atoms with Crippen molar-refractivity contribution in [1.29, 1.82) is 0 Å². The first kappa shape index (κ1) is 10.1. The average molecular weight is 188 g/mol. The van der Waals surface area contributed by atoms with Gasteiger partial charge in [-0.3, -0.25) is 0 Å². The molecule has 2 aliphatic rings. The molecule has 0 unspecified atom stereocenters. The van der Waals surface area contributed by atoms with Gasteiger partial charge in [-0.15, -0.1) is 12.4 Å². The van der Waals surface area contributed by atoms with E-state index in [2.05, 4.69) is 17.5 Å². The lowest BCUT2D eigenvalue weighted by atomic mass is 9.83. The molecule has 2 heteroatoms. The Hall–Kier alpha value is -0.0100. The Balaban J connectivity index is 0.000000720. The lowest BCUT2D eigenvalue weighted by Crippen LogP contribution is -2.30. The summed E-state index contributed by atoms with van der Waals surface area (Å²) in [6, 6.07) is 0. The van der Waals surface area contributed by atoms with Gasteiger partial charge in [-0.2, -0.15) is 0 Å². The van der Waals surface area contributed by atoms with E-state index in [1.807, 2.05) is 0 Å².